The summed E-state index contributed by atoms with van der Waals surface area (Å²) in [6.07, 6.45) is 0.106. The van der Waals surface area contributed by atoms with Crippen molar-refractivity contribution in [2.45, 2.75) is 40.0 Å². The Morgan fingerprint density at radius 3 is 1.91 bits per heavy atom. The van der Waals surface area contributed by atoms with E-state index in [4.69, 9.17) is 4.74 Å². The van der Waals surface area contributed by atoms with Gasteiger partial charge < -0.3 is 14.9 Å². The van der Waals surface area contributed by atoms with Gasteiger partial charge in [-0.15, -0.1) is 0 Å². The van der Waals surface area contributed by atoms with Crippen molar-refractivity contribution in [3.63, 3.8) is 0 Å². The maximum atomic E-state index is 12.7. The van der Waals surface area contributed by atoms with E-state index in [1.54, 1.807) is 0 Å². The van der Waals surface area contributed by atoms with Gasteiger partial charge >= 0.3 is 23.9 Å². The average molecular weight is 460 g/mol. The maximum Gasteiger partial charge on any atom is 0.318 e. The smallest absolute Gasteiger partial charge is 0.318 e. The summed E-state index contributed by atoms with van der Waals surface area (Å²) in [4.78, 5) is 74.2. The average Bonchev–Trinajstić information content (AvgIpc) is 3.00. The van der Waals surface area contributed by atoms with E-state index in [1.165, 1.54) is 6.92 Å². The first-order chi connectivity index (χ1) is 15.4. The molecule has 0 bridgehead atoms. The molecule has 33 heavy (non-hydrogen) atoms. The quantitative estimate of drug-likeness (QED) is 0.374. The summed E-state index contributed by atoms with van der Waals surface area (Å²) in [5, 5.41) is 19.4. The Bertz CT molecular complexity index is 952. The van der Waals surface area contributed by atoms with Crippen molar-refractivity contribution in [1.29, 1.82) is 0 Å². The van der Waals surface area contributed by atoms with Crippen molar-refractivity contribution < 1.29 is 43.7 Å². The SMILES string of the molecule is CC(=O)C(C(C)C(=O)O)C(C(=O)O)C(C(C)=O)C1C(=O)OC(=O)C1CC(C)c1ccccc1. The molecule has 178 valence electrons. The van der Waals surface area contributed by atoms with Crippen molar-refractivity contribution in [2.24, 2.45) is 35.5 Å². The van der Waals surface area contributed by atoms with Gasteiger partial charge in [0.25, 0.3) is 0 Å². The lowest BCUT2D eigenvalue weighted by atomic mass is 9.65. The molecule has 9 nitrogen and oxygen atoms in total. The molecule has 1 saturated heterocycles. The molecule has 2 N–H and O–H groups in total. The van der Waals surface area contributed by atoms with Crippen LogP contribution >= 0.6 is 0 Å². The standard InChI is InChI=1S/C24H28O9/c1-11(15-8-6-5-7-9-15)10-16-19(24(32)33-23(16)31)18(14(4)26)20(22(29)30)17(13(3)25)12(2)21(27)28/h5-9,11-12,16-20H,10H2,1-4H3,(H,27,28)(H,29,30). The van der Waals surface area contributed by atoms with Gasteiger partial charge in [-0.05, 0) is 31.7 Å². The predicted octanol–water partition coefficient (Wildman–Crippen LogP) is 2.33. The number of benzene rings is 1. The van der Waals surface area contributed by atoms with Crippen LogP contribution < -0.4 is 0 Å². The molecule has 1 aliphatic rings. The number of ketones is 2. The molecule has 2 rings (SSSR count). The van der Waals surface area contributed by atoms with E-state index < -0.39 is 71.0 Å². The van der Waals surface area contributed by atoms with E-state index in [-0.39, 0.29) is 12.3 Å². The Hall–Kier alpha value is -3.36. The molecule has 9 heteroatoms. The van der Waals surface area contributed by atoms with Crippen LogP contribution in [0.5, 0.6) is 0 Å². The third kappa shape index (κ3) is 5.53. The number of cyclic esters (lactones) is 2. The molecular formula is C24H28O9. The first-order valence-corrected chi connectivity index (χ1v) is 10.6. The van der Waals surface area contributed by atoms with Crippen LogP contribution in [-0.4, -0.2) is 45.7 Å². The minimum atomic E-state index is -1.82. The number of hydrogen-bond donors (Lipinski definition) is 2. The van der Waals surface area contributed by atoms with Crippen molar-refractivity contribution >= 4 is 35.4 Å². The normalized spacial score (nSPS) is 22.5. The summed E-state index contributed by atoms with van der Waals surface area (Å²) in [7, 11) is 0. The fourth-order valence-electron chi connectivity index (χ4n) is 4.82. The minimum Gasteiger partial charge on any atom is -0.481 e. The van der Waals surface area contributed by atoms with Crippen LogP contribution in [0, 0.1) is 35.5 Å². The largest absolute Gasteiger partial charge is 0.481 e. The summed E-state index contributed by atoms with van der Waals surface area (Å²) in [6, 6.07) is 9.12. The van der Waals surface area contributed by atoms with Crippen LogP contribution in [0.2, 0.25) is 0 Å². The fraction of sp³-hybridized carbons (Fsp3) is 0.500. The summed E-state index contributed by atoms with van der Waals surface area (Å²) >= 11 is 0. The molecule has 1 aromatic carbocycles. The van der Waals surface area contributed by atoms with Crippen molar-refractivity contribution in [1.82, 2.24) is 0 Å². The lowest BCUT2D eigenvalue weighted by Gasteiger charge is -2.33. The number of carboxylic acids is 2. The predicted molar refractivity (Wildman–Crippen MR) is 114 cm³/mol. The van der Waals surface area contributed by atoms with Gasteiger partial charge in [0.05, 0.1) is 23.7 Å². The molecule has 7 atom stereocenters. The van der Waals surface area contributed by atoms with E-state index >= 15 is 0 Å². The molecule has 1 aliphatic heterocycles. The van der Waals surface area contributed by atoms with Crippen LogP contribution in [0.3, 0.4) is 0 Å². The second kappa shape index (κ2) is 10.5. The van der Waals surface area contributed by atoms with Gasteiger partial charge in [-0.25, -0.2) is 0 Å². The number of carboxylic acid groups (broad SMARTS) is 2. The summed E-state index contributed by atoms with van der Waals surface area (Å²) in [5.41, 5.74) is 0.874. The van der Waals surface area contributed by atoms with E-state index in [0.29, 0.717) is 0 Å². The molecule has 0 spiro atoms. The molecule has 0 radical (unpaired) electrons. The van der Waals surface area contributed by atoms with Crippen molar-refractivity contribution in [3.8, 4) is 0 Å². The molecule has 0 aromatic heterocycles. The molecular weight excluding hydrogens is 432 g/mol. The van der Waals surface area contributed by atoms with E-state index in [0.717, 1.165) is 19.4 Å². The van der Waals surface area contributed by atoms with Crippen LogP contribution in [0.15, 0.2) is 30.3 Å². The number of carbonyl (C=O) groups excluding carboxylic acids is 4. The molecule has 1 aromatic rings. The zero-order chi connectivity index (χ0) is 25.0. The monoisotopic (exact) mass is 460 g/mol. The zero-order valence-corrected chi connectivity index (χ0v) is 18.9. The lowest BCUT2D eigenvalue weighted by Crippen LogP contribution is -2.47. The molecule has 1 fully saturated rings. The molecule has 0 aliphatic carbocycles. The first kappa shape index (κ1) is 25.9. The number of carbonyl (C=O) groups is 6. The summed E-state index contributed by atoms with van der Waals surface area (Å²) in [6.45, 7) is 5.11. The fourth-order valence-corrected chi connectivity index (χ4v) is 4.82. The molecule has 7 unspecified atom stereocenters. The zero-order valence-electron chi connectivity index (χ0n) is 18.9. The van der Waals surface area contributed by atoms with Gasteiger partial charge in [0.2, 0.25) is 0 Å². The number of aliphatic carboxylic acids is 2. The van der Waals surface area contributed by atoms with Gasteiger partial charge in [0, 0.05) is 11.8 Å². The number of hydrogen-bond acceptors (Lipinski definition) is 7. The van der Waals surface area contributed by atoms with Gasteiger partial charge in [0.15, 0.2) is 0 Å². The maximum absolute atomic E-state index is 12.7. The minimum absolute atomic E-state index is 0.106. The highest BCUT2D eigenvalue weighted by atomic mass is 16.6. The summed E-state index contributed by atoms with van der Waals surface area (Å²) in [5.74, 6) is -15.6. The van der Waals surface area contributed by atoms with Gasteiger partial charge in [-0.3, -0.25) is 28.8 Å². The Morgan fingerprint density at radius 2 is 1.45 bits per heavy atom. The Balaban J connectivity index is 2.54. The van der Waals surface area contributed by atoms with Gasteiger partial charge in [-0.1, -0.05) is 44.2 Å². The Kier molecular flexibility index (Phi) is 8.24. The molecule has 0 saturated carbocycles. The first-order valence-electron chi connectivity index (χ1n) is 10.6. The van der Waals surface area contributed by atoms with Crippen molar-refractivity contribution in [2.75, 3.05) is 0 Å². The van der Waals surface area contributed by atoms with E-state index in [9.17, 15) is 39.0 Å². The van der Waals surface area contributed by atoms with Crippen LogP contribution in [0.1, 0.15) is 45.6 Å². The Labute approximate surface area is 191 Å². The van der Waals surface area contributed by atoms with E-state index in [1.807, 2.05) is 37.3 Å². The molecule has 0 amide bonds. The third-order valence-corrected chi connectivity index (χ3v) is 6.50. The lowest BCUT2D eigenvalue weighted by molar-refractivity contribution is -0.161. The van der Waals surface area contributed by atoms with E-state index in [2.05, 4.69) is 0 Å². The number of Topliss-reactive ketones (excluding diaryl/α,β-unsaturated/α-hetero) is 2. The van der Waals surface area contributed by atoms with Gasteiger partial charge in [-0.2, -0.15) is 0 Å². The summed E-state index contributed by atoms with van der Waals surface area (Å²) < 4.78 is 4.81. The van der Waals surface area contributed by atoms with Crippen LogP contribution in [-0.2, 0) is 33.5 Å². The highest BCUT2D eigenvalue weighted by molar-refractivity contribution is 6.01. The second-order valence-corrected chi connectivity index (χ2v) is 8.68. The highest BCUT2D eigenvalue weighted by Crippen LogP contribution is 2.43. The number of rotatable bonds is 11. The second-order valence-electron chi connectivity index (χ2n) is 8.68. The van der Waals surface area contributed by atoms with Crippen molar-refractivity contribution in [3.05, 3.63) is 35.9 Å². The number of ether oxygens (including phenoxy) is 1. The van der Waals surface area contributed by atoms with Gasteiger partial charge in [0.1, 0.15) is 11.6 Å². The third-order valence-electron chi connectivity index (χ3n) is 6.50. The number of esters is 2. The topological polar surface area (TPSA) is 152 Å². The van der Waals surface area contributed by atoms with Crippen LogP contribution in [0.4, 0.5) is 0 Å². The highest BCUT2D eigenvalue weighted by Gasteiger charge is 2.56. The molecule has 1 heterocycles. The van der Waals surface area contributed by atoms with Crippen LogP contribution in [0.25, 0.3) is 0 Å². The Morgan fingerprint density at radius 1 is 0.879 bits per heavy atom.